The Morgan fingerprint density at radius 3 is 1.07 bits per heavy atom. The fraction of sp³-hybridized carbons (Fsp3) is 0.390. The number of hydrogen-bond acceptors (Lipinski definition) is 4. The molecule has 2 heterocycles. The molecule has 5 heteroatoms. The average Bonchev–Trinajstić information content (AvgIpc) is 3.62. The second-order valence-corrected chi connectivity index (χ2v) is 13.5. The monoisotopic (exact) mass is 660 g/mol. The van der Waals surface area contributed by atoms with Crippen molar-refractivity contribution in [1.82, 2.24) is 0 Å². The van der Waals surface area contributed by atoms with Gasteiger partial charge < -0.3 is 18.9 Å². The number of rotatable bonds is 2. The Bertz CT molecular complexity index is 1350. The van der Waals surface area contributed by atoms with Gasteiger partial charge in [0.15, 0.2) is 12.6 Å². The van der Waals surface area contributed by atoms with Crippen molar-refractivity contribution in [3.05, 3.63) is 125 Å². The van der Waals surface area contributed by atoms with Gasteiger partial charge in [-0.1, -0.05) is 89.5 Å². The van der Waals surface area contributed by atoms with E-state index in [0.717, 1.165) is 46.3 Å². The molecule has 0 N–H and O–H groups in total. The van der Waals surface area contributed by atoms with Crippen LogP contribution in [0.2, 0.25) is 0 Å². The van der Waals surface area contributed by atoms with Crippen LogP contribution in [0.15, 0.2) is 70.8 Å². The van der Waals surface area contributed by atoms with Gasteiger partial charge in [-0.2, -0.15) is 0 Å². The van der Waals surface area contributed by atoms with E-state index in [1.807, 2.05) is 32.1 Å². The zero-order chi connectivity index (χ0) is 31.9. The fourth-order valence-corrected chi connectivity index (χ4v) is 5.22. The van der Waals surface area contributed by atoms with Crippen LogP contribution in [0.4, 0.5) is 0 Å². The van der Waals surface area contributed by atoms with Crippen molar-refractivity contribution in [1.29, 1.82) is 0 Å². The molecule has 0 atom stereocenters. The molecule has 6 rings (SSSR count). The Labute approximate surface area is 287 Å². The van der Waals surface area contributed by atoms with E-state index < -0.39 is 12.6 Å². The number of ether oxygens (including phenoxy) is 4. The summed E-state index contributed by atoms with van der Waals surface area (Å²) in [6, 6.07) is 16.9. The van der Waals surface area contributed by atoms with Gasteiger partial charge in [-0.05, 0) is 91.2 Å². The summed E-state index contributed by atoms with van der Waals surface area (Å²) in [5.41, 5.74) is 8.15. The summed E-state index contributed by atoms with van der Waals surface area (Å²) < 4.78 is 24.2. The summed E-state index contributed by atoms with van der Waals surface area (Å²) >= 11 is 0. The van der Waals surface area contributed by atoms with E-state index in [-0.39, 0.29) is 27.6 Å². The predicted molar refractivity (Wildman–Crippen MR) is 180 cm³/mol. The molecule has 0 bridgehead atoms. The van der Waals surface area contributed by atoms with Gasteiger partial charge in [-0.3, -0.25) is 0 Å². The molecule has 2 aromatic carbocycles. The Balaban J connectivity index is 0.000000731. The molecule has 2 aromatic rings. The van der Waals surface area contributed by atoms with Crippen molar-refractivity contribution in [3.63, 3.8) is 0 Å². The summed E-state index contributed by atoms with van der Waals surface area (Å²) in [4.78, 5) is 0. The molecule has 2 aliphatic heterocycles. The zero-order valence-corrected chi connectivity index (χ0v) is 28.9. The molecule has 0 unspecified atom stereocenters. The molecule has 2 aliphatic carbocycles. The Morgan fingerprint density at radius 2 is 0.783 bits per heavy atom. The quantitative estimate of drug-likeness (QED) is 0.308. The van der Waals surface area contributed by atoms with E-state index in [9.17, 15) is 0 Å². The van der Waals surface area contributed by atoms with Crippen LogP contribution in [0.3, 0.4) is 0 Å². The maximum atomic E-state index is 6.06. The first kappa shape index (κ1) is 36.2. The third kappa shape index (κ3) is 9.48. The summed E-state index contributed by atoms with van der Waals surface area (Å²) in [7, 11) is 0. The molecule has 3 fully saturated rings. The summed E-state index contributed by atoms with van der Waals surface area (Å²) in [6.45, 7) is 15.9. The largest absolute Gasteiger partial charge is 0.348 e. The average molecular weight is 661 g/mol. The molecule has 2 saturated heterocycles. The van der Waals surface area contributed by atoms with Gasteiger partial charge in [0.05, 0.1) is 26.4 Å². The van der Waals surface area contributed by atoms with Crippen molar-refractivity contribution in [2.24, 2.45) is 0 Å². The first-order valence-corrected chi connectivity index (χ1v) is 16.0. The molecule has 0 spiro atoms. The third-order valence-corrected chi connectivity index (χ3v) is 7.92. The van der Waals surface area contributed by atoms with Crippen LogP contribution in [-0.2, 0) is 46.6 Å². The van der Waals surface area contributed by atoms with Gasteiger partial charge in [0.1, 0.15) is 0 Å². The van der Waals surface area contributed by atoms with Gasteiger partial charge in [-0.15, -0.1) is 0 Å². The first-order chi connectivity index (χ1) is 21.6. The minimum atomic E-state index is -0.499. The molecule has 46 heavy (non-hydrogen) atoms. The standard InChI is InChI=1S/C36H40O4.C5H5.Co/c1-35(2,3)27-15-9-25(10-16-27)13-19-29-31(33-37-21-7-22-38-33)30(32(29)34-39-23-8-24-40-34)20-14-26-11-17-28(18-12-26)36(4,5)6;1-2-4-5-3-1;/h9-12,15-18,33-34H,7-8,21-24H2,1-6H3;1-5H;. The van der Waals surface area contributed by atoms with Crippen LogP contribution < -0.4 is 0 Å². The van der Waals surface area contributed by atoms with E-state index in [2.05, 4.69) is 114 Å². The first-order valence-electron chi connectivity index (χ1n) is 16.0. The predicted octanol–water partition coefficient (Wildman–Crippen LogP) is 7.84. The van der Waals surface area contributed by atoms with Crippen molar-refractivity contribution in [2.75, 3.05) is 26.4 Å². The van der Waals surface area contributed by atoms with Crippen molar-refractivity contribution < 1.29 is 35.7 Å². The van der Waals surface area contributed by atoms with Crippen LogP contribution in [-0.4, -0.2) is 39.0 Å². The van der Waals surface area contributed by atoms with Gasteiger partial charge in [0.2, 0.25) is 0 Å². The minimum absolute atomic E-state index is 0. The maximum Gasteiger partial charge on any atom is 0.186 e. The molecular formula is C41H45CoO4. The van der Waals surface area contributed by atoms with Crippen molar-refractivity contribution >= 4 is 0 Å². The molecule has 0 amide bonds. The van der Waals surface area contributed by atoms with Gasteiger partial charge >= 0.3 is 0 Å². The molecule has 4 aliphatic rings. The molecule has 1 saturated carbocycles. The summed E-state index contributed by atoms with van der Waals surface area (Å²) in [5, 5.41) is 0. The van der Waals surface area contributed by atoms with Crippen LogP contribution in [0, 0.1) is 55.8 Å². The molecular weight excluding hydrogens is 615 g/mol. The molecule has 6 radical (unpaired) electrons. The SMILES string of the molecule is CC(C)(C)c1ccc(C#CC2=C(C3OCCCO3)C(C#Cc3ccc(C(C)(C)C)cc3)=C2C2OCCCO2)cc1.[CH]1[CH][CH][CH][CH]1.[Co]. The second-order valence-electron chi connectivity index (χ2n) is 13.5. The smallest absolute Gasteiger partial charge is 0.186 e. The van der Waals surface area contributed by atoms with Gasteiger partial charge in [-0.25, -0.2) is 0 Å². The van der Waals surface area contributed by atoms with Gasteiger partial charge in [0.25, 0.3) is 0 Å². The van der Waals surface area contributed by atoms with Crippen LogP contribution in [0.1, 0.15) is 76.6 Å². The summed E-state index contributed by atoms with van der Waals surface area (Å²) in [6.07, 6.45) is 10.7. The topological polar surface area (TPSA) is 36.9 Å². The van der Waals surface area contributed by atoms with Crippen LogP contribution in [0.25, 0.3) is 0 Å². The van der Waals surface area contributed by atoms with Gasteiger partial charge in [0, 0.05) is 50.2 Å². The second kappa shape index (κ2) is 16.5. The zero-order valence-electron chi connectivity index (χ0n) is 27.9. The normalized spacial score (nSPS) is 19.1. The summed E-state index contributed by atoms with van der Waals surface area (Å²) in [5.74, 6) is 13.6. The fourth-order valence-electron chi connectivity index (χ4n) is 5.22. The maximum absolute atomic E-state index is 6.06. The van der Waals surface area contributed by atoms with E-state index in [1.165, 1.54) is 11.1 Å². The van der Waals surface area contributed by atoms with E-state index in [4.69, 9.17) is 18.9 Å². The van der Waals surface area contributed by atoms with Crippen LogP contribution >= 0.6 is 0 Å². The Hall–Kier alpha value is -2.61. The van der Waals surface area contributed by atoms with Crippen molar-refractivity contribution in [2.45, 2.75) is 77.8 Å². The number of benzene rings is 2. The van der Waals surface area contributed by atoms with Crippen molar-refractivity contribution in [3.8, 4) is 23.7 Å². The molecule has 4 nitrogen and oxygen atoms in total. The molecule has 0 aromatic heterocycles. The van der Waals surface area contributed by atoms with E-state index in [1.54, 1.807) is 0 Å². The van der Waals surface area contributed by atoms with E-state index >= 15 is 0 Å². The number of hydrogen-bond donors (Lipinski definition) is 0. The minimum Gasteiger partial charge on any atom is -0.348 e. The van der Waals surface area contributed by atoms with E-state index in [0.29, 0.717) is 26.4 Å². The Morgan fingerprint density at radius 1 is 0.478 bits per heavy atom. The molecule has 242 valence electrons. The van der Waals surface area contributed by atoms with Crippen LogP contribution in [0.5, 0.6) is 0 Å². The third-order valence-electron chi connectivity index (χ3n) is 7.92. The Kier molecular flexibility index (Phi) is 13.0.